The van der Waals surface area contributed by atoms with Gasteiger partial charge in [-0.1, -0.05) is 11.8 Å². The summed E-state index contributed by atoms with van der Waals surface area (Å²) in [6.07, 6.45) is 1.72. The lowest BCUT2D eigenvalue weighted by Crippen LogP contribution is -2.49. The average Bonchev–Trinajstić information content (AvgIpc) is 3.48. The van der Waals surface area contributed by atoms with Crippen molar-refractivity contribution in [3.63, 3.8) is 0 Å². The fourth-order valence-electron chi connectivity index (χ4n) is 3.55. The molecule has 4 heterocycles. The van der Waals surface area contributed by atoms with Crippen molar-refractivity contribution in [3.05, 3.63) is 63.8 Å². The standard InChI is InChI=1S/C21H19FN6O3S2/c22-15-3-1-14(2-4-15)19-24-25-21(31-19)33-13-18(30)27-7-5-26(6-8-27)12-16-11-17(29)28-9-10-32-20(28)23-16/h1-4,9-11H,5-8,12-13H2. The second kappa shape index (κ2) is 9.41. The molecule has 170 valence electrons. The van der Waals surface area contributed by atoms with Gasteiger partial charge in [0, 0.05) is 55.9 Å². The highest BCUT2D eigenvalue weighted by Gasteiger charge is 2.22. The van der Waals surface area contributed by atoms with Crippen LogP contribution in [0.25, 0.3) is 16.4 Å². The Morgan fingerprint density at radius 2 is 1.94 bits per heavy atom. The molecule has 12 heteroatoms. The van der Waals surface area contributed by atoms with Crippen molar-refractivity contribution in [2.45, 2.75) is 11.8 Å². The van der Waals surface area contributed by atoms with E-state index in [9.17, 15) is 14.0 Å². The molecule has 1 aromatic carbocycles. The van der Waals surface area contributed by atoms with Gasteiger partial charge in [-0.3, -0.25) is 18.9 Å². The minimum Gasteiger partial charge on any atom is -0.411 e. The van der Waals surface area contributed by atoms with E-state index in [0.717, 1.165) is 5.69 Å². The van der Waals surface area contributed by atoms with Gasteiger partial charge in [-0.05, 0) is 24.3 Å². The van der Waals surface area contributed by atoms with E-state index < -0.39 is 0 Å². The topological polar surface area (TPSA) is 96.8 Å². The molecule has 1 amide bonds. The number of amides is 1. The number of hydrogen-bond acceptors (Lipinski definition) is 9. The van der Waals surface area contributed by atoms with Crippen molar-refractivity contribution < 1.29 is 13.6 Å². The monoisotopic (exact) mass is 486 g/mol. The van der Waals surface area contributed by atoms with E-state index in [1.807, 2.05) is 10.3 Å². The largest absolute Gasteiger partial charge is 0.411 e. The van der Waals surface area contributed by atoms with Gasteiger partial charge < -0.3 is 9.32 Å². The SMILES string of the molecule is O=C(CSc1nnc(-c2ccc(F)cc2)o1)N1CCN(Cc2cc(=O)n3ccsc3n2)CC1. The van der Waals surface area contributed by atoms with Gasteiger partial charge in [0.15, 0.2) is 4.96 Å². The molecule has 0 bridgehead atoms. The maximum atomic E-state index is 13.1. The summed E-state index contributed by atoms with van der Waals surface area (Å²) in [6, 6.07) is 7.34. The van der Waals surface area contributed by atoms with E-state index in [0.29, 0.717) is 48.5 Å². The third-order valence-electron chi connectivity index (χ3n) is 5.28. The molecule has 0 spiro atoms. The minimum atomic E-state index is -0.340. The lowest BCUT2D eigenvalue weighted by atomic mass is 10.2. The third kappa shape index (κ3) is 4.97. The van der Waals surface area contributed by atoms with E-state index in [2.05, 4.69) is 20.1 Å². The van der Waals surface area contributed by atoms with Crippen molar-refractivity contribution in [1.29, 1.82) is 0 Å². The van der Waals surface area contributed by atoms with Crippen LogP contribution in [0.4, 0.5) is 4.39 Å². The van der Waals surface area contributed by atoms with E-state index in [1.54, 1.807) is 24.4 Å². The Kier molecular flexibility index (Phi) is 6.20. The van der Waals surface area contributed by atoms with Crippen LogP contribution in [-0.4, -0.2) is 67.2 Å². The van der Waals surface area contributed by atoms with Gasteiger partial charge in [0.25, 0.3) is 10.8 Å². The second-order valence-corrected chi connectivity index (χ2v) is 9.27. The summed E-state index contributed by atoms with van der Waals surface area (Å²) < 4.78 is 20.2. The molecule has 1 saturated heterocycles. The van der Waals surface area contributed by atoms with Crippen LogP contribution in [0.15, 0.2) is 56.3 Å². The van der Waals surface area contributed by atoms with Crippen LogP contribution in [0.1, 0.15) is 5.69 Å². The summed E-state index contributed by atoms with van der Waals surface area (Å²) in [5, 5.41) is 10.0. The first kappa shape index (κ1) is 21.7. The Morgan fingerprint density at radius 1 is 1.15 bits per heavy atom. The average molecular weight is 487 g/mol. The molecular formula is C21H19FN6O3S2. The highest BCUT2D eigenvalue weighted by molar-refractivity contribution is 7.99. The summed E-state index contributed by atoms with van der Waals surface area (Å²) in [7, 11) is 0. The Hall–Kier alpha value is -3.09. The molecule has 0 unspecified atom stereocenters. The third-order valence-corrected chi connectivity index (χ3v) is 6.84. The predicted molar refractivity (Wildman–Crippen MR) is 122 cm³/mol. The summed E-state index contributed by atoms with van der Waals surface area (Å²) in [4.78, 5) is 34.0. The van der Waals surface area contributed by atoms with Crippen molar-refractivity contribution in [1.82, 2.24) is 29.4 Å². The lowest BCUT2D eigenvalue weighted by Gasteiger charge is -2.34. The highest BCUT2D eigenvalue weighted by atomic mass is 32.2. The van der Waals surface area contributed by atoms with Crippen LogP contribution in [0, 0.1) is 5.82 Å². The molecule has 3 aromatic heterocycles. The molecule has 0 N–H and O–H groups in total. The summed E-state index contributed by atoms with van der Waals surface area (Å²) >= 11 is 2.61. The van der Waals surface area contributed by atoms with E-state index >= 15 is 0 Å². The zero-order valence-corrected chi connectivity index (χ0v) is 19.0. The van der Waals surface area contributed by atoms with E-state index in [4.69, 9.17) is 4.42 Å². The van der Waals surface area contributed by atoms with Gasteiger partial charge in [0.1, 0.15) is 5.82 Å². The van der Waals surface area contributed by atoms with E-state index in [1.165, 1.54) is 39.6 Å². The molecule has 1 fully saturated rings. The molecule has 1 aliphatic heterocycles. The summed E-state index contributed by atoms with van der Waals surface area (Å²) in [5.41, 5.74) is 1.28. The molecule has 0 atom stereocenters. The number of piperazine rings is 1. The molecule has 0 aliphatic carbocycles. The summed E-state index contributed by atoms with van der Waals surface area (Å²) in [5.74, 6) is 0.135. The van der Waals surface area contributed by atoms with Crippen LogP contribution in [0.5, 0.6) is 0 Å². The van der Waals surface area contributed by atoms with Gasteiger partial charge in [0.05, 0.1) is 11.4 Å². The molecule has 4 aromatic rings. The lowest BCUT2D eigenvalue weighted by molar-refractivity contribution is -0.130. The number of rotatable bonds is 6. The number of thiazole rings is 1. The van der Waals surface area contributed by atoms with Gasteiger partial charge in [0.2, 0.25) is 11.8 Å². The van der Waals surface area contributed by atoms with Gasteiger partial charge in [-0.25, -0.2) is 9.37 Å². The predicted octanol–water partition coefficient (Wildman–Crippen LogP) is 2.38. The fourth-order valence-corrected chi connectivity index (χ4v) is 4.95. The molecule has 0 radical (unpaired) electrons. The zero-order chi connectivity index (χ0) is 22.8. The van der Waals surface area contributed by atoms with Crippen molar-refractivity contribution in [2.75, 3.05) is 31.9 Å². The van der Waals surface area contributed by atoms with E-state index in [-0.39, 0.29) is 28.9 Å². The number of fused-ring (bicyclic) bond motifs is 1. The molecule has 1 aliphatic rings. The quantitative estimate of drug-likeness (QED) is 0.383. The highest BCUT2D eigenvalue weighted by Crippen LogP contribution is 2.23. The molecule has 33 heavy (non-hydrogen) atoms. The van der Waals surface area contributed by atoms with Crippen LogP contribution >= 0.6 is 23.1 Å². The normalized spacial score (nSPS) is 14.8. The minimum absolute atomic E-state index is 0.00226. The van der Waals surface area contributed by atoms with Crippen LogP contribution < -0.4 is 5.56 Å². The zero-order valence-electron chi connectivity index (χ0n) is 17.4. The Bertz CT molecular complexity index is 1330. The Morgan fingerprint density at radius 3 is 2.73 bits per heavy atom. The van der Waals surface area contributed by atoms with Crippen LogP contribution in [0.3, 0.4) is 0 Å². The van der Waals surface area contributed by atoms with Gasteiger partial charge in [-0.15, -0.1) is 21.5 Å². The van der Waals surface area contributed by atoms with Crippen molar-refractivity contribution in [3.8, 4) is 11.5 Å². The number of thioether (sulfide) groups is 1. The Balaban J connectivity index is 1.11. The second-order valence-electron chi connectivity index (χ2n) is 7.47. The molecular weight excluding hydrogens is 467 g/mol. The van der Waals surface area contributed by atoms with Crippen molar-refractivity contribution >= 4 is 34.0 Å². The maximum Gasteiger partial charge on any atom is 0.277 e. The number of nitrogens with zero attached hydrogens (tertiary/aromatic N) is 6. The molecule has 9 nitrogen and oxygen atoms in total. The first-order chi connectivity index (χ1) is 16.0. The number of carbonyl (C=O) groups excluding carboxylic acids is 1. The van der Waals surface area contributed by atoms with Crippen molar-refractivity contribution in [2.24, 2.45) is 0 Å². The summed E-state index contributed by atoms with van der Waals surface area (Å²) in [6.45, 7) is 3.19. The first-order valence-electron chi connectivity index (χ1n) is 10.2. The fraction of sp³-hybridized carbons (Fsp3) is 0.286. The van der Waals surface area contributed by atoms with Gasteiger partial charge in [-0.2, -0.15) is 0 Å². The smallest absolute Gasteiger partial charge is 0.277 e. The number of hydrogen-bond donors (Lipinski definition) is 0. The molecule has 0 saturated carbocycles. The Labute approximate surface area is 195 Å². The molecule has 5 rings (SSSR count). The van der Waals surface area contributed by atoms with Crippen LogP contribution in [0.2, 0.25) is 0 Å². The number of aromatic nitrogens is 4. The maximum absolute atomic E-state index is 13.1. The van der Waals surface area contributed by atoms with Crippen LogP contribution in [-0.2, 0) is 11.3 Å². The first-order valence-corrected chi connectivity index (χ1v) is 12.1. The van der Waals surface area contributed by atoms with Gasteiger partial charge >= 0.3 is 0 Å². The number of benzene rings is 1. The number of carbonyl (C=O) groups is 1. The number of halogens is 1.